The fraction of sp³-hybridized carbons (Fsp3) is 0.353. The third-order valence-corrected chi connectivity index (χ3v) is 4.23. The summed E-state index contributed by atoms with van der Waals surface area (Å²) in [5.41, 5.74) is 3.58. The summed E-state index contributed by atoms with van der Waals surface area (Å²) >= 11 is 7.14. The lowest BCUT2D eigenvalue weighted by molar-refractivity contribution is 0.524. The molecular formula is C17H20Br2N2. The predicted octanol–water partition coefficient (Wildman–Crippen LogP) is 5.20. The molecule has 0 bridgehead atoms. The number of halogens is 2. The van der Waals surface area contributed by atoms with E-state index in [1.807, 2.05) is 6.20 Å². The van der Waals surface area contributed by atoms with Crippen molar-refractivity contribution in [2.45, 2.75) is 32.7 Å². The van der Waals surface area contributed by atoms with Crippen LogP contribution in [-0.2, 0) is 6.42 Å². The molecule has 1 unspecified atom stereocenters. The SMILES string of the molecule is CCCNC(Cc1ccc(C)cn1)c1cc(Br)cc(Br)c1. The van der Waals surface area contributed by atoms with Crippen molar-refractivity contribution in [1.29, 1.82) is 0 Å². The Balaban J connectivity index is 2.22. The van der Waals surface area contributed by atoms with Gasteiger partial charge in [0.15, 0.2) is 0 Å². The van der Waals surface area contributed by atoms with Crippen molar-refractivity contribution in [1.82, 2.24) is 10.3 Å². The van der Waals surface area contributed by atoms with Crippen LogP contribution in [0.3, 0.4) is 0 Å². The Morgan fingerprint density at radius 1 is 1.14 bits per heavy atom. The number of pyridine rings is 1. The third-order valence-electron chi connectivity index (χ3n) is 3.31. The molecule has 0 spiro atoms. The second-order valence-electron chi connectivity index (χ2n) is 5.24. The molecule has 1 N–H and O–H groups in total. The summed E-state index contributed by atoms with van der Waals surface area (Å²) in [7, 11) is 0. The van der Waals surface area contributed by atoms with Gasteiger partial charge in [-0.1, -0.05) is 44.8 Å². The Hall–Kier alpha value is -0.710. The second kappa shape index (κ2) is 8.06. The quantitative estimate of drug-likeness (QED) is 0.706. The molecule has 0 radical (unpaired) electrons. The summed E-state index contributed by atoms with van der Waals surface area (Å²) in [6.07, 6.45) is 3.94. The van der Waals surface area contributed by atoms with E-state index in [1.165, 1.54) is 11.1 Å². The highest BCUT2D eigenvalue weighted by Crippen LogP contribution is 2.26. The van der Waals surface area contributed by atoms with E-state index >= 15 is 0 Å². The van der Waals surface area contributed by atoms with Crippen molar-refractivity contribution in [2.75, 3.05) is 6.54 Å². The zero-order valence-corrected chi connectivity index (χ0v) is 15.5. The van der Waals surface area contributed by atoms with Crippen LogP contribution in [-0.4, -0.2) is 11.5 Å². The van der Waals surface area contributed by atoms with Gasteiger partial charge in [0, 0.05) is 33.3 Å². The van der Waals surface area contributed by atoms with Gasteiger partial charge in [-0.05, 0) is 55.3 Å². The van der Waals surface area contributed by atoms with Crippen LogP contribution in [0.5, 0.6) is 0 Å². The maximum Gasteiger partial charge on any atom is 0.0422 e. The lowest BCUT2D eigenvalue weighted by Gasteiger charge is -2.19. The van der Waals surface area contributed by atoms with Gasteiger partial charge in [0.05, 0.1) is 0 Å². The normalized spacial score (nSPS) is 12.4. The first kappa shape index (κ1) is 16.7. The molecule has 21 heavy (non-hydrogen) atoms. The Labute approximate surface area is 143 Å². The minimum Gasteiger partial charge on any atom is -0.310 e. The van der Waals surface area contributed by atoms with Crippen LogP contribution in [0.25, 0.3) is 0 Å². The molecule has 112 valence electrons. The topological polar surface area (TPSA) is 24.9 Å². The van der Waals surface area contributed by atoms with E-state index in [2.05, 4.69) is 86.3 Å². The van der Waals surface area contributed by atoms with E-state index in [4.69, 9.17) is 0 Å². The van der Waals surface area contributed by atoms with Crippen molar-refractivity contribution in [3.05, 3.63) is 62.3 Å². The molecule has 0 saturated carbocycles. The number of aryl methyl sites for hydroxylation is 1. The van der Waals surface area contributed by atoms with Crippen LogP contribution in [0.4, 0.5) is 0 Å². The van der Waals surface area contributed by atoms with Gasteiger partial charge in [-0.2, -0.15) is 0 Å². The monoisotopic (exact) mass is 410 g/mol. The van der Waals surface area contributed by atoms with Crippen molar-refractivity contribution < 1.29 is 0 Å². The van der Waals surface area contributed by atoms with Gasteiger partial charge in [0.1, 0.15) is 0 Å². The fourth-order valence-corrected chi connectivity index (χ4v) is 3.56. The zero-order valence-electron chi connectivity index (χ0n) is 12.4. The van der Waals surface area contributed by atoms with Crippen LogP contribution in [0.1, 0.15) is 36.2 Å². The fourth-order valence-electron chi connectivity index (χ4n) is 2.23. The molecule has 0 fully saturated rings. The molecule has 1 atom stereocenters. The van der Waals surface area contributed by atoms with E-state index in [9.17, 15) is 0 Å². The Morgan fingerprint density at radius 3 is 2.43 bits per heavy atom. The third kappa shape index (κ3) is 5.20. The number of benzene rings is 1. The van der Waals surface area contributed by atoms with Gasteiger partial charge in [-0.25, -0.2) is 0 Å². The van der Waals surface area contributed by atoms with Crippen LogP contribution in [0.15, 0.2) is 45.5 Å². The standard InChI is InChI=1S/C17H20Br2N2/c1-3-6-20-17(10-16-5-4-12(2)11-21-16)13-7-14(18)9-15(19)8-13/h4-5,7-9,11,17,20H,3,6,10H2,1-2H3. The number of nitrogens with one attached hydrogen (secondary N) is 1. The molecule has 4 heteroatoms. The van der Waals surface area contributed by atoms with Crippen molar-refractivity contribution in [3.8, 4) is 0 Å². The van der Waals surface area contributed by atoms with Gasteiger partial charge in [-0.15, -0.1) is 0 Å². The number of hydrogen-bond acceptors (Lipinski definition) is 2. The van der Waals surface area contributed by atoms with Gasteiger partial charge >= 0.3 is 0 Å². The molecule has 0 aliphatic carbocycles. The van der Waals surface area contributed by atoms with Gasteiger partial charge in [-0.3, -0.25) is 4.98 Å². The smallest absolute Gasteiger partial charge is 0.0422 e. The first-order valence-electron chi connectivity index (χ1n) is 7.19. The van der Waals surface area contributed by atoms with Crippen LogP contribution in [0.2, 0.25) is 0 Å². The van der Waals surface area contributed by atoms with Gasteiger partial charge < -0.3 is 5.32 Å². The molecule has 1 aromatic heterocycles. The van der Waals surface area contributed by atoms with Crippen LogP contribution < -0.4 is 5.32 Å². The van der Waals surface area contributed by atoms with Crippen molar-refractivity contribution in [3.63, 3.8) is 0 Å². The minimum absolute atomic E-state index is 0.272. The predicted molar refractivity (Wildman–Crippen MR) is 95.6 cm³/mol. The van der Waals surface area contributed by atoms with Crippen molar-refractivity contribution >= 4 is 31.9 Å². The molecule has 1 aromatic carbocycles. The molecule has 0 amide bonds. The molecular weight excluding hydrogens is 392 g/mol. The lowest BCUT2D eigenvalue weighted by Crippen LogP contribution is -2.24. The summed E-state index contributed by atoms with van der Waals surface area (Å²) in [4.78, 5) is 4.53. The highest BCUT2D eigenvalue weighted by molar-refractivity contribution is 9.11. The Morgan fingerprint density at radius 2 is 1.86 bits per heavy atom. The first-order chi connectivity index (χ1) is 10.1. The number of rotatable bonds is 6. The average Bonchev–Trinajstić information content (AvgIpc) is 2.44. The second-order valence-corrected chi connectivity index (χ2v) is 7.07. The molecule has 2 aromatic rings. The van der Waals surface area contributed by atoms with E-state index < -0.39 is 0 Å². The van der Waals surface area contributed by atoms with Gasteiger partial charge in [0.2, 0.25) is 0 Å². The number of nitrogens with zero attached hydrogens (tertiary/aromatic N) is 1. The van der Waals surface area contributed by atoms with E-state index in [1.54, 1.807) is 0 Å². The highest BCUT2D eigenvalue weighted by atomic mass is 79.9. The van der Waals surface area contributed by atoms with Crippen LogP contribution >= 0.6 is 31.9 Å². The lowest BCUT2D eigenvalue weighted by atomic mass is 10.0. The number of aromatic nitrogens is 1. The minimum atomic E-state index is 0.272. The summed E-state index contributed by atoms with van der Waals surface area (Å²) in [6.45, 7) is 5.25. The van der Waals surface area contributed by atoms with E-state index in [0.29, 0.717) is 0 Å². The van der Waals surface area contributed by atoms with E-state index in [-0.39, 0.29) is 6.04 Å². The Bertz CT molecular complexity index is 562. The molecule has 0 aliphatic rings. The molecule has 2 rings (SSSR count). The highest BCUT2D eigenvalue weighted by Gasteiger charge is 2.13. The molecule has 2 nitrogen and oxygen atoms in total. The maximum atomic E-state index is 4.53. The summed E-state index contributed by atoms with van der Waals surface area (Å²) in [6, 6.07) is 10.9. The average molecular weight is 412 g/mol. The molecule has 0 aliphatic heterocycles. The molecule has 0 saturated heterocycles. The van der Waals surface area contributed by atoms with E-state index in [0.717, 1.165) is 34.0 Å². The summed E-state index contributed by atoms with van der Waals surface area (Å²) < 4.78 is 2.18. The number of hydrogen-bond donors (Lipinski definition) is 1. The summed E-state index contributed by atoms with van der Waals surface area (Å²) in [5, 5.41) is 3.62. The van der Waals surface area contributed by atoms with Crippen molar-refractivity contribution in [2.24, 2.45) is 0 Å². The Kier molecular flexibility index (Phi) is 6.40. The molecule has 1 heterocycles. The largest absolute Gasteiger partial charge is 0.310 e. The summed E-state index contributed by atoms with van der Waals surface area (Å²) in [5.74, 6) is 0. The van der Waals surface area contributed by atoms with Gasteiger partial charge in [0.25, 0.3) is 0 Å². The van der Waals surface area contributed by atoms with Crippen LogP contribution in [0, 0.1) is 6.92 Å². The first-order valence-corrected chi connectivity index (χ1v) is 8.78. The maximum absolute atomic E-state index is 4.53. The zero-order chi connectivity index (χ0) is 15.2.